The number of terminal acetylenes is 1. The minimum Gasteiger partial charge on any atom is -0.356 e. The summed E-state index contributed by atoms with van der Waals surface area (Å²) in [7, 11) is 0. The molecule has 0 unspecified atom stereocenters. The van der Waals surface area contributed by atoms with E-state index in [-0.39, 0.29) is 18.0 Å². The molecule has 0 radical (unpaired) electrons. The molecule has 2 aromatic carbocycles. The smallest absolute Gasteiger partial charge is 0.258 e. The Kier molecular flexibility index (Phi) is 5.91. The standard InChI is InChI=1S/C22H19N5O2/c1-3-12-27(18-7-5-17(6-8-18)21(28)24-11-10-23)14-16-4-9-20-19(13-16)22(29)26-15(2)25-20/h1,4-9,13H,11-12,14H2,2H3,(H,24,28)(H,25,26,29). The second kappa shape index (κ2) is 8.73. The molecule has 3 rings (SSSR count). The van der Waals surface area contributed by atoms with Gasteiger partial charge in [0.05, 0.1) is 23.5 Å². The summed E-state index contributed by atoms with van der Waals surface area (Å²) in [5, 5.41) is 11.6. The van der Waals surface area contributed by atoms with E-state index in [1.54, 1.807) is 31.2 Å². The van der Waals surface area contributed by atoms with Gasteiger partial charge in [-0.3, -0.25) is 9.59 Å². The highest BCUT2D eigenvalue weighted by atomic mass is 16.1. The molecule has 7 heteroatoms. The van der Waals surface area contributed by atoms with Crippen LogP contribution in [-0.4, -0.2) is 29.0 Å². The van der Waals surface area contributed by atoms with Crippen LogP contribution in [0.2, 0.25) is 0 Å². The molecule has 0 spiro atoms. The number of fused-ring (bicyclic) bond motifs is 1. The topological polar surface area (TPSA) is 102 Å². The van der Waals surface area contributed by atoms with Gasteiger partial charge < -0.3 is 15.2 Å². The van der Waals surface area contributed by atoms with Crippen molar-refractivity contribution in [3.8, 4) is 18.4 Å². The predicted molar refractivity (Wildman–Crippen MR) is 111 cm³/mol. The van der Waals surface area contributed by atoms with Crippen molar-refractivity contribution in [2.45, 2.75) is 13.5 Å². The van der Waals surface area contributed by atoms with Crippen LogP contribution in [0.25, 0.3) is 10.9 Å². The molecule has 0 saturated carbocycles. The van der Waals surface area contributed by atoms with Crippen LogP contribution in [0.15, 0.2) is 47.3 Å². The van der Waals surface area contributed by atoms with Crippen LogP contribution in [0.4, 0.5) is 5.69 Å². The van der Waals surface area contributed by atoms with Gasteiger partial charge in [-0.05, 0) is 48.9 Å². The second-order valence-electron chi connectivity index (χ2n) is 6.45. The summed E-state index contributed by atoms with van der Waals surface area (Å²) in [6.07, 6.45) is 5.53. The van der Waals surface area contributed by atoms with Gasteiger partial charge in [0, 0.05) is 17.8 Å². The van der Waals surface area contributed by atoms with E-state index in [0.717, 1.165) is 11.3 Å². The second-order valence-corrected chi connectivity index (χ2v) is 6.45. The van der Waals surface area contributed by atoms with Gasteiger partial charge in [-0.2, -0.15) is 5.26 Å². The molecule has 0 bridgehead atoms. The molecule has 0 fully saturated rings. The highest BCUT2D eigenvalue weighted by Gasteiger charge is 2.11. The van der Waals surface area contributed by atoms with Crippen molar-refractivity contribution in [2.75, 3.05) is 18.0 Å². The number of H-pyrrole nitrogens is 1. The Morgan fingerprint density at radius 1 is 1.28 bits per heavy atom. The first kappa shape index (κ1) is 19.7. The largest absolute Gasteiger partial charge is 0.356 e. The van der Waals surface area contributed by atoms with Crippen molar-refractivity contribution in [1.82, 2.24) is 15.3 Å². The summed E-state index contributed by atoms with van der Waals surface area (Å²) in [5.74, 6) is 2.90. The number of aromatic nitrogens is 2. The quantitative estimate of drug-likeness (QED) is 0.500. The van der Waals surface area contributed by atoms with E-state index in [0.29, 0.717) is 35.4 Å². The van der Waals surface area contributed by atoms with Crippen LogP contribution in [0.5, 0.6) is 0 Å². The monoisotopic (exact) mass is 385 g/mol. The number of rotatable bonds is 6. The van der Waals surface area contributed by atoms with E-state index in [1.165, 1.54) is 0 Å². The van der Waals surface area contributed by atoms with E-state index in [4.69, 9.17) is 11.7 Å². The summed E-state index contributed by atoms with van der Waals surface area (Å²) < 4.78 is 0. The molecular weight excluding hydrogens is 366 g/mol. The Balaban J connectivity index is 1.84. The fourth-order valence-electron chi connectivity index (χ4n) is 3.02. The first-order valence-electron chi connectivity index (χ1n) is 8.95. The number of hydrogen-bond donors (Lipinski definition) is 2. The molecule has 144 valence electrons. The minimum atomic E-state index is -0.307. The lowest BCUT2D eigenvalue weighted by Crippen LogP contribution is -2.25. The Labute approximate surface area is 168 Å². The Bertz CT molecular complexity index is 1180. The first-order valence-corrected chi connectivity index (χ1v) is 8.95. The Morgan fingerprint density at radius 2 is 2.03 bits per heavy atom. The van der Waals surface area contributed by atoms with Crippen LogP contribution in [0.1, 0.15) is 21.7 Å². The number of anilines is 1. The molecule has 29 heavy (non-hydrogen) atoms. The number of hydrogen-bond acceptors (Lipinski definition) is 5. The maximum absolute atomic E-state index is 12.2. The van der Waals surface area contributed by atoms with Crippen LogP contribution >= 0.6 is 0 Å². The molecule has 0 aliphatic carbocycles. The number of aryl methyl sites for hydroxylation is 1. The Hall–Kier alpha value is -4.10. The average molecular weight is 385 g/mol. The fourth-order valence-corrected chi connectivity index (χ4v) is 3.02. The number of benzene rings is 2. The van der Waals surface area contributed by atoms with Crippen molar-refractivity contribution in [3.63, 3.8) is 0 Å². The number of nitrogens with zero attached hydrogens (tertiary/aromatic N) is 3. The minimum absolute atomic E-state index is 0.0424. The number of carbonyl (C=O) groups is 1. The van der Waals surface area contributed by atoms with Gasteiger partial charge in [0.1, 0.15) is 12.4 Å². The maximum Gasteiger partial charge on any atom is 0.258 e. The zero-order chi connectivity index (χ0) is 20.8. The van der Waals surface area contributed by atoms with Crippen LogP contribution < -0.4 is 15.8 Å². The van der Waals surface area contributed by atoms with Crippen molar-refractivity contribution in [3.05, 3.63) is 69.8 Å². The van der Waals surface area contributed by atoms with Crippen molar-refractivity contribution in [1.29, 1.82) is 5.26 Å². The number of nitriles is 1. The van der Waals surface area contributed by atoms with Gasteiger partial charge in [-0.15, -0.1) is 6.42 Å². The molecule has 0 aliphatic heterocycles. The number of carbonyl (C=O) groups excluding carboxylic acids is 1. The zero-order valence-electron chi connectivity index (χ0n) is 15.9. The molecule has 2 N–H and O–H groups in total. The maximum atomic E-state index is 12.2. The number of aromatic amines is 1. The number of amides is 1. The summed E-state index contributed by atoms with van der Waals surface area (Å²) >= 11 is 0. The predicted octanol–water partition coefficient (Wildman–Crippen LogP) is 2.12. The molecule has 0 atom stereocenters. The molecule has 1 amide bonds. The molecule has 1 heterocycles. The van der Waals surface area contributed by atoms with E-state index in [2.05, 4.69) is 21.2 Å². The lowest BCUT2D eigenvalue weighted by atomic mass is 10.1. The molecule has 0 saturated heterocycles. The average Bonchev–Trinajstić information content (AvgIpc) is 2.72. The van der Waals surface area contributed by atoms with Gasteiger partial charge >= 0.3 is 0 Å². The van der Waals surface area contributed by atoms with Crippen LogP contribution in [0, 0.1) is 30.6 Å². The van der Waals surface area contributed by atoms with Crippen molar-refractivity contribution >= 4 is 22.5 Å². The third-order valence-corrected chi connectivity index (χ3v) is 4.37. The summed E-state index contributed by atoms with van der Waals surface area (Å²) in [4.78, 5) is 33.2. The van der Waals surface area contributed by atoms with Crippen LogP contribution in [0.3, 0.4) is 0 Å². The van der Waals surface area contributed by atoms with Gasteiger partial charge in [0.25, 0.3) is 11.5 Å². The van der Waals surface area contributed by atoms with Crippen LogP contribution in [-0.2, 0) is 6.54 Å². The molecule has 7 nitrogen and oxygen atoms in total. The van der Waals surface area contributed by atoms with Gasteiger partial charge in [0.15, 0.2) is 0 Å². The summed E-state index contributed by atoms with van der Waals surface area (Å²) in [6, 6.07) is 14.4. The molecule has 3 aromatic rings. The zero-order valence-corrected chi connectivity index (χ0v) is 15.9. The van der Waals surface area contributed by atoms with Gasteiger partial charge in [-0.25, -0.2) is 4.98 Å². The van der Waals surface area contributed by atoms with E-state index in [1.807, 2.05) is 29.2 Å². The van der Waals surface area contributed by atoms with Crippen molar-refractivity contribution < 1.29 is 4.79 Å². The number of nitrogens with one attached hydrogen (secondary N) is 2. The van der Waals surface area contributed by atoms with E-state index < -0.39 is 0 Å². The Morgan fingerprint density at radius 3 is 2.72 bits per heavy atom. The fraction of sp³-hybridized carbons (Fsp3) is 0.182. The lowest BCUT2D eigenvalue weighted by molar-refractivity contribution is 0.0958. The highest BCUT2D eigenvalue weighted by Crippen LogP contribution is 2.19. The van der Waals surface area contributed by atoms with E-state index in [9.17, 15) is 9.59 Å². The highest BCUT2D eigenvalue weighted by molar-refractivity contribution is 5.94. The summed E-state index contributed by atoms with van der Waals surface area (Å²) in [5.41, 5.74) is 2.69. The first-order chi connectivity index (χ1) is 14.0. The molecule has 1 aromatic heterocycles. The third-order valence-electron chi connectivity index (χ3n) is 4.37. The van der Waals surface area contributed by atoms with E-state index >= 15 is 0 Å². The molecule has 0 aliphatic rings. The third kappa shape index (κ3) is 4.60. The van der Waals surface area contributed by atoms with Crippen molar-refractivity contribution in [2.24, 2.45) is 0 Å². The lowest BCUT2D eigenvalue weighted by Gasteiger charge is -2.23. The molecular formula is C22H19N5O2. The van der Waals surface area contributed by atoms with Gasteiger partial charge in [-0.1, -0.05) is 12.0 Å². The normalized spacial score (nSPS) is 10.2. The van der Waals surface area contributed by atoms with Gasteiger partial charge in [0.2, 0.25) is 0 Å². The summed E-state index contributed by atoms with van der Waals surface area (Å²) in [6.45, 7) is 2.56. The SMILES string of the molecule is C#CCN(Cc1ccc2nc(C)[nH]c(=O)c2c1)c1ccc(C(=O)NCC#N)cc1.